The van der Waals surface area contributed by atoms with Gasteiger partial charge < -0.3 is 9.84 Å². The molecule has 7 nitrogen and oxygen atoms in total. The van der Waals surface area contributed by atoms with Gasteiger partial charge in [-0.1, -0.05) is 29.5 Å². The summed E-state index contributed by atoms with van der Waals surface area (Å²) in [6, 6.07) is 12.6. The molecule has 34 heavy (non-hydrogen) atoms. The maximum atomic E-state index is 13.7. The Kier molecular flexibility index (Phi) is 5.46. The third kappa shape index (κ3) is 3.57. The molecule has 1 N–H and O–H groups in total. The number of rotatable bonds is 5. The molecule has 0 fully saturated rings. The molecule has 0 aliphatic carbocycles. The fraction of sp³-hybridized carbons (Fsp3) is 0.0833. The number of ketones is 1. The van der Waals surface area contributed by atoms with E-state index in [0.717, 1.165) is 11.3 Å². The van der Waals surface area contributed by atoms with E-state index in [0.29, 0.717) is 20.7 Å². The largest absolute Gasteiger partial charge is 0.503 e. The molecule has 2 aromatic heterocycles. The van der Waals surface area contributed by atoms with Crippen molar-refractivity contribution in [3.05, 3.63) is 93.1 Å². The zero-order valence-electron chi connectivity index (χ0n) is 17.5. The number of thiazole rings is 1. The maximum absolute atomic E-state index is 13.7. The maximum Gasteiger partial charge on any atom is 0.337 e. The topological polar surface area (TPSA) is 96.8 Å². The van der Waals surface area contributed by atoms with Crippen LogP contribution in [0.1, 0.15) is 31.6 Å². The molecule has 0 bridgehead atoms. The monoisotopic (exact) mass is 494 g/mol. The summed E-state index contributed by atoms with van der Waals surface area (Å²) in [4.78, 5) is 44.5. The van der Waals surface area contributed by atoms with E-state index in [1.54, 1.807) is 29.6 Å². The van der Waals surface area contributed by atoms with Gasteiger partial charge in [0, 0.05) is 0 Å². The quantitative estimate of drug-likeness (QED) is 0.308. The molecule has 4 aromatic rings. The van der Waals surface area contributed by atoms with Crippen molar-refractivity contribution in [3.8, 4) is 0 Å². The predicted octanol–water partition coefficient (Wildman–Crippen LogP) is 5.07. The van der Waals surface area contributed by atoms with E-state index in [9.17, 15) is 23.9 Å². The minimum Gasteiger partial charge on any atom is -0.503 e. The van der Waals surface area contributed by atoms with Gasteiger partial charge in [0.1, 0.15) is 5.82 Å². The van der Waals surface area contributed by atoms with Gasteiger partial charge in [-0.2, -0.15) is 0 Å². The third-order valence-electron chi connectivity index (χ3n) is 5.39. The van der Waals surface area contributed by atoms with Gasteiger partial charge in [0.25, 0.3) is 5.91 Å². The fourth-order valence-corrected chi connectivity index (χ4v) is 5.49. The summed E-state index contributed by atoms with van der Waals surface area (Å²) in [5.41, 5.74) is 1.16. The number of nitrogens with zero attached hydrogens (tertiary/aromatic N) is 2. The van der Waals surface area contributed by atoms with Crippen molar-refractivity contribution in [1.29, 1.82) is 0 Å². The Hall–Kier alpha value is -3.89. The molecule has 0 saturated carbocycles. The van der Waals surface area contributed by atoms with Gasteiger partial charge in [0.2, 0.25) is 5.78 Å². The Morgan fingerprint density at radius 3 is 2.59 bits per heavy atom. The Morgan fingerprint density at radius 2 is 1.91 bits per heavy atom. The van der Waals surface area contributed by atoms with Crippen LogP contribution in [0.25, 0.3) is 10.2 Å². The molecule has 10 heteroatoms. The third-order valence-corrected chi connectivity index (χ3v) is 7.28. The Balaban J connectivity index is 1.66. The first-order chi connectivity index (χ1) is 16.4. The zero-order valence-corrected chi connectivity index (χ0v) is 19.2. The molecule has 0 saturated heterocycles. The van der Waals surface area contributed by atoms with Crippen LogP contribution in [0.5, 0.6) is 0 Å². The first kappa shape index (κ1) is 21.9. The highest BCUT2D eigenvalue weighted by Crippen LogP contribution is 2.44. The lowest BCUT2D eigenvalue weighted by molar-refractivity contribution is -0.117. The molecule has 1 unspecified atom stereocenters. The summed E-state index contributed by atoms with van der Waals surface area (Å²) in [6.45, 7) is 0. The van der Waals surface area contributed by atoms with Crippen LogP contribution in [0.2, 0.25) is 0 Å². The standard InChI is InChI=1S/C24H15FN2O5S2/c1-32-23(31)13-6-4-12(5-7-13)19-18(20(28)16-3-2-10-33-16)21(29)22(30)27(19)24-26-15-9-8-14(25)11-17(15)34-24/h2-11,19,29H,1H3. The summed E-state index contributed by atoms with van der Waals surface area (Å²) >= 11 is 2.26. The average Bonchev–Trinajstić information content (AvgIpc) is 3.57. The number of esters is 1. The van der Waals surface area contributed by atoms with Crippen molar-refractivity contribution in [2.75, 3.05) is 12.0 Å². The van der Waals surface area contributed by atoms with Gasteiger partial charge in [0.15, 0.2) is 10.9 Å². The number of aliphatic hydroxyl groups is 1. The summed E-state index contributed by atoms with van der Waals surface area (Å²) in [6.07, 6.45) is 0. The molecule has 1 amide bonds. The normalized spacial score (nSPS) is 15.9. The minimum atomic E-state index is -1.00. The first-order valence-electron chi connectivity index (χ1n) is 9.98. The molecule has 3 heterocycles. The van der Waals surface area contributed by atoms with Gasteiger partial charge in [-0.25, -0.2) is 14.2 Å². The number of Topliss-reactive ketones (excluding diaryl/α,β-unsaturated/α-hetero) is 1. The molecule has 5 rings (SSSR count). The average molecular weight is 495 g/mol. The van der Waals surface area contributed by atoms with Gasteiger partial charge in [-0.05, 0) is 47.3 Å². The van der Waals surface area contributed by atoms with Crippen LogP contribution in [-0.2, 0) is 9.53 Å². The molecule has 1 aliphatic heterocycles. The van der Waals surface area contributed by atoms with Crippen molar-refractivity contribution in [3.63, 3.8) is 0 Å². The lowest BCUT2D eigenvalue weighted by Crippen LogP contribution is -2.31. The van der Waals surface area contributed by atoms with E-state index in [1.807, 2.05) is 0 Å². The number of halogens is 1. The van der Waals surface area contributed by atoms with Crippen LogP contribution >= 0.6 is 22.7 Å². The first-order valence-corrected chi connectivity index (χ1v) is 11.7. The number of thiophene rings is 1. The van der Waals surface area contributed by atoms with E-state index < -0.39 is 35.3 Å². The molecule has 0 radical (unpaired) electrons. The Bertz CT molecular complexity index is 1480. The molecule has 170 valence electrons. The molecular weight excluding hydrogens is 479 g/mol. The molecular formula is C24H15FN2O5S2. The van der Waals surface area contributed by atoms with E-state index in [1.165, 1.54) is 53.7 Å². The number of amides is 1. The van der Waals surface area contributed by atoms with Gasteiger partial charge >= 0.3 is 5.97 Å². The lowest BCUT2D eigenvalue weighted by atomic mass is 9.95. The number of ether oxygens (including phenoxy) is 1. The minimum absolute atomic E-state index is 0.0938. The number of carbonyl (C=O) groups is 3. The van der Waals surface area contributed by atoms with E-state index >= 15 is 0 Å². The number of aromatic nitrogens is 1. The number of aliphatic hydroxyl groups excluding tert-OH is 1. The summed E-state index contributed by atoms with van der Waals surface area (Å²) in [7, 11) is 1.27. The number of benzene rings is 2. The molecule has 0 spiro atoms. The summed E-state index contributed by atoms with van der Waals surface area (Å²) in [5.74, 6) is -2.93. The smallest absolute Gasteiger partial charge is 0.337 e. The second-order valence-electron chi connectivity index (χ2n) is 7.37. The van der Waals surface area contributed by atoms with Crippen molar-refractivity contribution < 1.29 is 28.6 Å². The Labute approximate surface area is 200 Å². The number of fused-ring (bicyclic) bond motifs is 1. The summed E-state index contributed by atoms with van der Waals surface area (Å²) < 4.78 is 19.0. The van der Waals surface area contributed by atoms with Gasteiger partial charge in [-0.3, -0.25) is 14.5 Å². The lowest BCUT2D eigenvalue weighted by Gasteiger charge is -2.24. The van der Waals surface area contributed by atoms with Crippen LogP contribution in [-0.4, -0.2) is 34.9 Å². The predicted molar refractivity (Wildman–Crippen MR) is 126 cm³/mol. The fourth-order valence-electron chi connectivity index (χ4n) is 3.80. The summed E-state index contributed by atoms with van der Waals surface area (Å²) in [5, 5.41) is 12.7. The zero-order chi connectivity index (χ0) is 24.0. The van der Waals surface area contributed by atoms with E-state index in [-0.39, 0.29) is 16.3 Å². The highest BCUT2D eigenvalue weighted by atomic mass is 32.1. The molecule has 1 aliphatic rings. The van der Waals surface area contributed by atoms with Crippen LogP contribution in [0.15, 0.2) is 71.3 Å². The van der Waals surface area contributed by atoms with Crippen LogP contribution in [0.3, 0.4) is 0 Å². The SMILES string of the molecule is COC(=O)c1ccc(C2C(C(=O)c3cccs3)=C(O)C(=O)N2c2nc3ccc(F)cc3s2)cc1. The van der Waals surface area contributed by atoms with Crippen molar-refractivity contribution >= 4 is 55.7 Å². The number of anilines is 1. The van der Waals surface area contributed by atoms with Crippen LogP contribution in [0, 0.1) is 5.82 Å². The second kappa shape index (κ2) is 8.47. The molecule has 2 aromatic carbocycles. The second-order valence-corrected chi connectivity index (χ2v) is 9.33. The van der Waals surface area contributed by atoms with Crippen molar-refractivity contribution in [2.45, 2.75) is 6.04 Å². The van der Waals surface area contributed by atoms with Crippen LogP contribution in [0.4, 0.5) is 9.52 Å². The number of hydrogen-bond acceptors (Lipinski definition) is 8. The van der Waals surface area contributed by atoms with E-state index in [2.05, 4.69) is 4.98 Å². The van der Waals surface area contributed by atoms with Gasteiger partial charge in [0.05, 0.1) is 39.4 Å². The van der Waals surface area contributed by atoms with Crippen molar-refractivity contribution in [2.24, 2.45) is 0 Å². The van der Waals surface area contributed by atoms with Crippen molar-refractivity contribution in [1.82, 2.24) is 4.98 Å². The van der Waals surface area contributed by atoms with Gasteiger partial charge in [-0.15, -0.1) is 11.3 Å². The number of methoxy groups -OCH3 is 1. The highest BCUT2D eigenvalue weighted by molar-refractivity contribution is 7.22. The molecule has 1 atom stereocenters. The number of hydrogen-bond donors (Lipinski definition) is 1. The van der Waals surface area contributed by atoms with Crippen LogP contribution < -0.4 is 4.90 Å². The van der Waals surface area contributed by atoms with E-state index in [4.69, 9.17) is 4.74 Å². The Morgan fingerprint density at radius 1 is 1.15 bits per heavy atom. The number of carbonyl (C=O) groups excluding carboxylic acids is 3. The highest BCUT2D eigenvalue weighted by Gasteiger charge is 2.46.